The van der Waals surface area contributed by atoms with Crippen LogP contribution < -0.4 is 5.32 Å². The molecule has 0 spiro atoms. The number of piperidine rings is 1. The average Bonchev–Trinajstić information content (AvgIpc) is 2.45. The van der Waals surface area contributed by atoms with E-state index in [0.717, 1.165) is 58.7 Å². The highest BCUT2D eigenvalue weighted by Crippen LogP contribution is 2.22. The van der Waals surface area contributed by atoms with E-state index in [1.165, 1.54) is 6.42 Å². The van der Waals surface area contributed by atoms with Gasteiger partial charge >= 0.3 is 0 Å². The van der Waals surface area contributed by atoms with E-state index in [1.807, 2.05) is 0 Å². The van der Waals surface area contributed by atoms with Gasteiger partial charge < -0.3 is 15.1 Å². The number of carbonyl (C=O) groups is 1. The second-order valence-corrected chi connectivity index (χ2v) is 6.65. The molecule has 2 aliphatic rings. The van der Waals surface area contributed by atoms with Crippen LogP contribution in [0.4, 0.5) is 0 Å². The standard InChI is InChI=1S/C15H30N4O/c1-15(6-4-5-7-16-15)14(20)19-12-10-18(11-13-19)9-8-17(2)3/h16H,4-13H2,1-3H3. The van der Waals surface area contributed by atoms with E-state index < -0.39 is 0 Å². The summed E-state index contributed by atoms with van der Waals surface area (Å²) in [5, 5.41) is 3.43. The molecule has 0 aromatic rings. The SMILES string of the molecule is CN(C)CCN1CCN(C(=O)C2(C)CCCCN2)CC1. The molecule has 2 fully saturated rings. The van der Waals surface area contributed by atoms with Crippen molar-refractivity contribution in [2.45, 2.75) is 31.7 Å². The molecular formula is C15H30N4O. The van der Waals surface area contributed by atoms with Crippen LogP contribution in [0.15, 0.2) is 0 Å². The number of hydrogen-bond donors (Lipinski definition) is 1. The van der Waals surface area contributed by atoms with Gasteiger partial charge in [0.25, 0.3) is 0 Å². The van der Waals surface area contributed by atoms with Crippen LogP contribution in [0.5, 0.6) is 0 Å². The summed E-state index contributed by atoms with van der Waals surface area (Å²) in [7, 11) is 4.21. The molecule has 0 radical (unpaired) electrons. The van der Waals surface area contributed by atoms with Crippen LogP contribution in [0.1, 0.15) is 26.2 Å². The van der Waals surface area contributed by atoms with E-state index in [2.05, 4.69) is 41.0 Å². The molecule has 0 aromatic carbocycles. The number of hydrogen-bond acceptors (Lipinski definition) is 4. The topological polar surface area (TPSA) is 38.8 Å². The maximum atomic E-state index is 12.7. The highest BCUT2D eigenvalue weighted by molar-refractivity contribution is 5.86. The number of likely N-dealkylation sites (N-methyl/N-ethyl adjacent to an activating group) is 1. The predicted octanol–water partition coefficient (Wildman–Crippen LogP) is 0.224. The molecule has 0 saturated carbocycles. The molecule has 2 saturated heterocycles. The first kappa shape index (κ1) is 15.7. The van der Waals surface area contributed by atoms with E-state index in [9.17, 15) is 4.79 Å². The Morgan fingerprint density at radius 3 is 2.45 bits per heavy atom. The molecular weight excluding hydrogens is 252 g/mol. The zero-order valence-electron chi connectivity index (χ0n) is 13.3. The summed E-state index contributed by atoms with van der Waals surface area (Å²) in [6, 6.07) is 0. The zero-order chi connectivity index (χ0) is 14.6. The Balaban J connectivity index is 1.79. The van der Waals surface area contributed by atoms with Crippen molar-refractivity contribution in [3.63, 3.8) is 0 Å². The van der Waals surface area contributed by atoms with Crippen molar-refractivity contribution >= 4 is 5.91 Å². The van der Waals surface area contributed by atoms with Gasteiger partial charge in [0.05, 0.1) is 5.54 Å². The lowest BCUT2D eigenvalue weighted by molar-refractivity contribution is -0.140. The fraction of sp³-hybridized carbons (Fsp3) is 0.933. The highest BCUT2D eigenvalue weighted by Gasteiger charge is 2.38. The van der Waals surface area contributed by atoms with E-state index in [-0.39, 0.29) is 5.54 Å². The number of piperazine rings is 1. The van der Waals surface area contributed by atoms with Gasteiger partial charge in [0, 0.05) is 39.3 Å². The first-order valence-electron chi connectivity index (χ1n) is 7.93. The Morgan fingerprint density at radius 2 is 1.90 bits per heavy atom. The molecule has 5 nitrogen and oxygen atoms in total. The largest absolute Gasteiger partial charge is 0.339 e. The normalized spacial score (nSPS) is 28.9. The van der Waals surface area contributed by atoms with Crippen LogP contribution in [0.25, 0.3) is 0 Å². The Bertz CT molecular complexity index is 318. The molecule has 116 valence electrons. The van der Waals surface area contributed by atoms with Crippen LogP contribution in [-0.4, -0.2) is 86.1 Å². The Morgan fingerprint density at radius 1 is 1.20 bits per heavy atom. The van der Waals surface area contributed by atoms with Gasteiger partial charge in [-0.25, -0.2) is 0 Å². The van der Waals surface area contributed by atoms with Crippen molar-refractivity contribution in [1.82, 2.24) is 20.0 Å². The van der Waals surface area contributed by atoms with E-state index in [0.29, 0.717) is 5.91 Å². The van der Waals surface area contributed by atoms with E-state index in [1.54, 1.807) is 0 Å². The molecule has 5 heteroatoms. The monoisotopic (exact) mass is 282 g/mol. The molecule has 1 unspecified atom stereocenters. The molecule has 20 heavy (non-hydrogen) atoms. The lowest BCUT2D eigenvalue weighted by Crippen LogP contribution is -2.61. The quantitative estimate of drug-likeness (QED) is 0.801. The molecule has 1 N–H and O–H groups in total. The van der Waals surface area contributed by atoms with Crippen LogP contribution in [-0.2, 0) is 4.79 Å². The summed E-state index contributed by atoms with van der Waals surface area (Å²) in [6.07, 6.45) is 3.34. The number of rotatable bonds is 4. The number of carbonyl (C=O) groups excluding carboxylic acids is 1. The molecule has 0 bridgehead atoms. The summed E-state index contributed by atoms with van der Waals surface area (Å²) < 4.78 is 0. The van der Waals surface area contributed by atoms with Gasteiger partial charge in [0.15, 0.2) is 0 Å². The first-order valence-corrected chi connectivity index (χ1v) is 7.93. The van der Waals surface area contributed by atoms with Gasteiger partial charge in [-0.15, -0.1) is 0 Å². The van der Waals surface area contributed by atoms with Crippen molar-refractivity contribution in [2.75, 3.05) is 59.9 Å². The molecule has 1 atom stereocenters. The van der Waals surface area contributed by atoms with Crippen molar-refractivity contribution in [3.05, 3.63) is 0 Å². The molecule has 2 rings (SSSR count). The van der Waals surface area contributed by atoms with Gasteiger partial charge in [-0.1, -0.05) is 0 Å². The average molecular weight is 282 g/mol. The van der Waals surface area contributed by atoms with E-state index >= 15 is 0 Å². The first-order chi connectivity index (χ1) is 9.51. The summed E-state index contributed by atoms with van der Waals surface area (Å²) in [5.74, 6) is 0.310. The minimum Gasteiger partial charge on any atom is -0.339 e. The Labute approximate surface area is 123 Å². The lowest BCUT2D eigenvalue weighted by Gasteiger charge is -2.41. The van der Waals surface area contributed by atoms with E-state index in [4.69, 9.17) is 0 Å². The van der Waals surface area contributed by atoms with Crippen LogP contribution in [0, 0.1) is 0 Å². The third-order valence-corrected chi connectivity index (χ3v) is 4.61. The van der Waals surface area contributed by atoms with Gasteiger partial charge in [-0.3, -0.25) is 9.69 Å². The second-order valence-electron chi connectivity index (χ2n) is 6.65. The predicted molar refractivity (Wildman–Crippen MR) is 81.8 cm³/mol. The fourth-order valence-corrected chi connectivity index (χ4v) is 3.10. The summed E-state index contributed by atoms with van der Waals surface area (Å²) in [6.45, 7) is 9.02. The van der Waals surface area contributed by atoms with Crippen molar-refractivity contribution in [2.24, 2.45) is 0 Å². The summed E-state index contributed by atoms with van der Waals surface area (Å²) in [4.78, 5) is 19.4. The van der Waals surface area contributed by atoms with Crippen LogP contribution in [0.2, 0.25) is 0 Å². The maximum absolute atomic E-state index is 12.7. The summed E-state index contributed by atoms with van der Waals surface area (Å²) in [5.41, 5.74) is -0.315. The molecule has 2 heterocycles. The van der Waals surface area contributed by atoms with Gasteiger partial charge in [-0.2, -0.15) is 0 Å². The lowest BCUT2D eigenvalue weighted by atomic mass is 9.89. The third-order valence-electron chi connectivity index (χ3n) is 4.61. The van der Waals surface area contributed by atoms with Crippen molar-refractivity contribution in [1.29, 1.82) is 0 Å². The minimum atomic E-state index is -0.315. The summed E-state index contributed by atoms with van der Waals surface area (Å²) >= 11 is 0. The minimum absolute atomic E-state index is 0.310. The fourth-order valence-electron chi connectivity index (χ4n) is 3.10. The number of nitrogens with zero attached hydrogens (tertiary/aromatic N) is 3. The number of nitrogens with one attached hydrogen (secondary N) is 1. The van der Waals surface area contributed by atoms with Gasteiger partial charge in [0.1, 0.15) is 0 Å². The smallest absolute Gasteiger partial charge is 0.242 e. The van der Waals surface area contributed by atoms with Crippen molar-refractivity contribution in [3.8, 4) is 0 Å². The Hall–Kier alpha value is -0.650. The third kappa shape index (κ3) is 3.93. The molecule has 0 aromatic heterocycles. The molecule has 2 aliphatic heterocycles. The highest BCUT2D eigenvalue weighted by atomic mass is 16.2. The van der Waals surface area contributed by atoms with Crippen LogP contribution >= 0.6 is 0 Å². The Kier molecular flexibility index (Phi) is 5.41. The molecule has 0 aliphatic carbocycles. The molecule has 1 amide bonds. The van der Waals surface area contributed by atoms with Gasteiger partial charge in [0.2, 0.25) is 5.91 Å². The zero-order valence-corrected chi connectivity index (χ0v) is 13.3. The number of amides is 1. The maximum Gasteiger partial charge on any atom is 0.242 e. The van der Waals surface area contributed by atoms with Gasteiger partial charge in [-0.05, 0) is 46.8 Å². The van der Waals surface area contributed by atoms with Crippen molar-refractivity contribution < 1.29 is 4.79 Å². The van der Waals surface area contributed by atoms with Crippen LogP contribution in [0.3, 0.4) is 0 Å². The second kappa shape index (κ2) is 6.87.